The second-order valence-corrected chi connectivity index (χ2v) is 3.64. The predicted molar refractivity (Wildman–Crippen MR) is 68.5 cm³/mol. The Labute approximate surface area is 105 Å². The molecule has 2 aromatic heterocycles. The van der Waals surface area contributed by atoms with Gasteiger partial charge in [-0.25, -0.2) is 9.97 Å². The summed E-state index contributed by atoms with van der Waals surface area (Å²) in [7, 11) is 1.65. The zero-order valence-corrected chi connectivity index (χ0v) is 10.3. The Morgan fingerprint density at radius 3 is 3.06 bits per heavy atom. The van der Waals surface area contributed by atoms with Crippen LogP contribution in [-0.2, 0) is 9.47 Å². The first-order valence-electron chi connectivity index (χ1n) is 5.78. The molecule has 2 heterocycles. The van der Waals surface area contributed by atoms with Gasteiger partial charge in [0.1, 0.15) is 0 Å². The number of pyridine rings is 1. The van der Waals surface area contributed by atoms with Crippen molar-refractivity contribution in [3.63, 3.8) is 0 Å². The summed E-state index contributed by atoms with van der Waals surface area (Å²) in [4.78, 5) is 12.7. The molecule has 0 bridgehead atoms. The maximum absolute atomic E-state index is 5.32. The first-order chi connectivity index (χ1) is 8.90. The van der Waals surface area contributed by atoms with Crippen LogP contribution < -0.4 is 5.32 Å². The lowest BCUT2D eigenvalue weighted by Gasteiger charge is -2.06. The highest BCUT2D eigenvalue weighted by molar-refractivity contribution is 5.74. The van der Waals surface area contributed by atoms with Crippen LogP contribution >= 0.6 is 0 Å². The van der Waals surface area contributed by atoms with Gasteiger partial charge in [0.15, 0.2) is 5.65 Å². The van der Waals surface area contributed by atoms with Crippen molar-refractivity contribution in [1.82, 2.24) is 15.0 Å². The molecule has 1 N–H and O–H groups in total. The van der Waals surface area contributed by atoms with Crippen molar-refractivity contribution in [2.75, 3.05) is 38.8 Å². The maximum Gasteiger partial charge on any atom is 0.224 e. The van der Waals surface area contributed by atoms with Gasteiger partial charge in [-0.05, 0) is 12.1 Å². The van der Waals surface area contributed by atoms with E-state index in [2.05, 4.69) is 20.3 Å². The molecule has 0 amide bonds. The fourth-order valence-electron chi connectivity index (χ4n) is 1.43. The second-order valence-electron chi connectivity index (χ2n) is 3.64. The van der Waals surface area contributed by atoms with Crippen LogP contribution in [0.1, 0.15) is 0 Å². The molecule has 0 saturated carbocycles. The molecule has 0 atom stereocenters. The summed E-state index contributed by atoms with van der Waals surface area (Å²) in [5.74, 6) is 0.566. The van der Waals surface area contributed by atoms with Gasteiger partial charge >= 0.3 is 0 Å². The highest BCUT2D eigenvalue weighted by Gasteiger charge is 1.99. The molecule has 0 saturated heterocycles. The van der Waals surface area contributed by atoms with E-state index in [-0.39, 0.29) is 0 Å². The maximum atomic E-state index is 5.32. The minimum Gasteiger partial charge on any atom is -0.382 e. The molecular formula is C12H16N4O2. The SMILES string of the molecule is COCCOCCNc1ncc2cccnc2n1. The van der Waals surface area contributed by atoms with Gasteiger partial charge in [-0.3, -0.25) is 0 Å². The lowest BCUT2D eigenvalue weighted by molar-refractivity contribution is 0.0759. The molecule has 6 nitrogen and oxygen atoms in total. The fourth-order valence-corrected chi connectivity index (χ4v) is 1.43. The summed E-state index contributed by atoms with van der Waals surface area (Å²) in [5, 5.41) is 4.02. The third kappa shape index (κ3) is 3.61. The van der Waals surface area contributed by atoms with Crippen molar-refractivity contribution in [1.29, 1.82) is 0 Å². The third-order valence-corrected chi connectivity index (χ3v) is 2.32. The molecule has 0 aliphatic rings. The Balaban J connectivity index is 1.81. The lowest BCUT2D eigenvalue weighted by atomic mass is 10.3. The van der Waals surface area contributed by atoms with Crippen molar-refractivity contribution >= 4 is 17.0 Å². The monoisotopic (exact) mass is 248 g/mol. The molecule has 0 aromatic carbocycles. The van der Waals surface area contributed by atoms with Crippen LogP contribution in [0.25, 0.3) is 11.0 Å². The predicted octanol–water partition coefficient (Wildman–Crippen LogP) is 1.10. The molecule has 6 heteroatoms. The Morgan fingerprint density at radius 2 is 2.17 bits per heavy atom. The molecule has 2 aromatic rings. The third-order valence-electron chi connectivity index (χ3n) is 2.32. The summed E-state index contributed by atoms with van der Waals surface area (Å²) < 4.78 is 10.2. The van der Waals surface area contributed by atoms with Crippen molar-refractivity contribution in [2.45, 2.75) is 0 Å². The number of nitrogens with zero attached hydrogens (tertiary/aromatic N) is 3. The van der Waals surface area contributed by atoms with Gasteiger partial charge in [0.2, 0.25) is 5.95 Å². The zero-order valence-electron chi connectivity index (χ0n) is 10.3. The van der Waals surface area contributed by atoms with Crippen LogP contribution in [0, 0.1) is 0 Å². The van der Waals surface area contributed by atoms with Crippen molar-refractivity contribution in [2.24, 2.45) is 0 Å². The quantitative estimate of drug-likeness (QED) is 0.740. The summed E-state index contributed by atoms with van der Waals surface area (Å²) in [6.45, 7) is 2.45. The first kappa shape index (κ1) is 12.7. The number of aromatic nitrogens is 3. The molecule has 0 fully saturated rings. The Morgan fingerprint density at radius 1 is 1.22 bits per heavy atom. The van der Waals surface area contributed by atoms with Gasteiger partial charge in [-0.1, -0.05) is 0 Å². The Hall–Kier alpha value is -1.79. The van der Waals surface area contributed by atoms with Crippen molar-refractivity contribution < 1.29 is 9.47 Å². The van der Waals surface area contributed by atoms with E-state index in [1.807, 2.05) is 12.1 Å². The van der Waals surface area contributed by atoms with E-state index < -0.39 is 0 Å². The summed E-state index contributed by atoms with van der Waals surface area (Å²) in [6, 6.07) is 3.79. The number of fused-ring (bicyclic) bond motifs is 1. The van der Waals surface area contributed by atoms with Crippen molar-refractivity contribution in [3.8, 4) is 0 Å². The van der Waals surface area contributed by atoms with Gasteiger partial charge in [0, 0.05) is 31.4 Å². The smallest absolute Gasteiger partial charge is 0.224 e. The van der Waals surface area contributed by atoms with Crippen LogP contribution in [0.15, 0.2) is 24.5 Å². The van der Waals surface area contributed by atoms with Crippen LogP contribution in [0.4, 0.5) is 5.95 Å². The number of nitrogens with one attached hydrogen (secondary N) is 1. The van der Waals surface area contributed by atoms with Gasteiger partial charge in [0.25, 0.3) is 0 Å². The summed E-state index contributed by atoms with van der Waals surface area (Å²) in [6.07, 6.45) is 3.47. The van der Waals surface area contributed by atoms with E-state index in [9.17, 15) is 0 Å². The number of rotatable bonds is 7. The zero-order chi connectivity index (χ0) is 12.6. The largest absolute Gasteiger partial charge is 0.382 e. The van der Waals surface area contributed by atoms with Crippen LogP contribution in [0.2, 0.25) is 0 Å². The first-order valence-corrected chi connectivity index (χ1v) is 5.78. The summed E-state index contributed by atoms with van der Waals surface area (Å²) >= 11 is 0. The molecule has 0 aliphatic carbocycles. The standard InChI is InChI=1S/C12H16N4O2/c1-17-7-8-18-6-5-14-12-15-9-10-3-2-4-13-11(10)16-12/h2-4,9H,5-8H2,1H3,(H,13,14,15,16). The van der Waals surface area contributed by atoms with Crippen molar-refractivity contribution in [3.05, 3.63) is 24.5 Å². The summed E-state index contributed by atoms with van der Waals surface area (Å²) in [5.41, 5.74) is 0.690. The van der Waals surface area contributed by atoms with Crippen LogP contribution in [0.3, 0.4) is 0 Å². The van der Waals surface area contributed by atoms with E-state index >= 15 is 0 Å². The average molecular weight is 248 g/mol. The van der Waals surface area contributed by atoms with E-state index in [0.29, 0.717) is 38.0 Å². The highest BCUT2D eigenvalue weighted by Crippen LogP contribution is 2.08. The number of hydrogen-bond donors (Lipinski definition) is 1. The molecule has 0 aliphatic heterocycles. The Bertz CT molecular complexity index is 492. The minimum absolute atomic E-state index is 0.566. The number of anilines is 1. The fraction of sp³-hybridized carbons (Fsp3) is 0.417. The molecule has 0 unspecified atom stereocenters. The molecule has 2 rings (SSSR count). The normalized spacial score (nSPS) is 10.7. The number of hydrogen-bond acceptors (Lipinski definition) is 6. The van der Waals surface area contributed by atoms with Gasteiger partial charge < -0.3 is 14.8 Å². The highest BCUT2D eigenvalue weighted by atomic mass is 16.5. The van der Waals surface area contributed by atoms with E-state index in [1.165, 1.54) is 0 Å². The van der Waals surface area contributed by atoms with Gasteiger partial charge in [-0.2, -0.15) is 4.98 Å². The average Bonchev–Trinajstić information content (AvgIpc) is 2.42. The minimum atomic E-state index is 0.566. The topological polar surface area (TPSA) is 69.2 Å². The van der Waals surface area contributed by atoms with E-state index in [1.54, 1.807) is 19.5 Å². The molecule has 96 valence electrons. The van der Waals surface area contributed by atoms with E-state index in [4.69, 9.17) is 9.47 Å². The van der Waals surface area contributed by atoms with Crippen LogP contribution in [0.5, 0.6) is 0 Å². The van der Waals surface area contributed by atoms with E-state index in [0.717, 1.165) is 5.39 Å². The van der Waals surface area contributed by atoms with Crippen LogP contribution in [-0.4, -0.2) is 48.4 Å². The van der Waals surface area contributed by atoms with Gasteiger partial charge in [0.05, 0.1) is 19.8 Å². The molecule has 18 heavy (non-hydrogen) atoms. The number of ether oxygens (including phenoxy) is 2. The molecule has 0 spiro atoms. The second kappa shape index (κ2) is 6.83. The Kier molecular flexibility index (Phi) is 4.80. The molecule has 0 radical (unpaired) electrons. The van der Waals surface area contributed by atoms with Gasteiger partial charge in [-0.15, -0.1) is 0 Å². The number of methoxy groups -OCH3 is 1. The lowest BCUT2D eigenvalue weighted by Crippen LogP contribution is -2.13. The molecular weight excluding hydrogens is 232 g/mol.